The highest BCUT2D eigenvalue weighted by Gasteiger charge is 2.17. The summed E-state index contributed by atoms with van der Waals surface area (Å²) in [7, 11) is -3.04. The molecule has 0 amide bonds. The first-order valence-electron chi connectivity index (χ1n) is 7.30. The molecule has 1 atom stereocenters. The summed E-state index contributed by atoms with van der Waals surface area (Å²) in [6.07, 6.45) is 5.71. The van der Waals surface area contributed by atoms with Crippen LogP contribution in [0.4, 0.5) is 0 Å². The summed E-state index contributed by atoms with van der Waals surface area (Å²) >= 11 is 0. The molecule has 0 radical (unpaired) electrons. The lowest BCUT2D eigenvalue weighted by molar-refractivity contribution is 0.229. The highest BCUT2D eigenvalue weighted by molar-refractivity contribution is 7.88. The number of likely N-dealkylation sites (tertiary alicyclic amines) is 1. The third kappa shape index (κ3) is 7.87. The van der Waals surface area contributed by atoms with Gasteiger partial charge in [0.15, 0.2) is 0 Å². The van der Waals surface area contributed by atoms with E-state index in [1.54, 1.807) is 0 Å². The lowest BCUT2D eigenvalue weighted by atomic mass is 10.1. The van der Waals surface area contributed by atoms with E-state index < -0.39 is 10.0 Å². The predicted molar refractivity (Wildman–Crippen MR) is 79.8 cm³/mol. The highest BCUT2D eigenvalue weighted by atomic mass is 32.2. The van der Waals surface area contributed by atoms with Gasteiger partial charge >= 0.3 is 0 Å². The molecule has 0 spiro atoms. The zero-order valence-corrected chi connectivity index (χ0v) is 13.3. The van der Waals surface area contributed by atoms with Gasteiger partial charge in [0, 0.05) is 18.6 Å². The second-order valence-electron chi connectivity index (χ2n) is 5.73. The molecule has 0 aliphatic carbocycles. The van der Waals surface area contributed by atoms with Crippen LogP contribution in [-0.4, -0.2) is 57.8 Å². The monoisotopic (exact) mass is 291 g/mol. The molecule has 19 heavy (non-hydrogen) atoms. The summed E-state index contributed by atoms with van der Waals surface area (Å²) in [5.74, 6) is 0. The number of sulfonamides is 1. The third-order valence-corrected chi connectivity index (χ3v) is 4.37. The number of rotatable bonds is 7. The Kier molecular flexibility index (Phi) is 7.28. The maximum Gasteiger partial charge on any atom is 0.208 e. The maximum absolute atomic E-state index is 10.9. The quantitative estimate of drug-likeness (QED) is 0.681. The predicted octanol–water partition coefficient (Wildman–Crippen LogP) is 0.778. The minimum Gasteiger partial charge on any atom is -0.314 e. The van der Waals surface area contributed by atoms with Crippen molar-refractivity contribution in [2.45, 2.75) is 51.6 Å². The second kappa shape index (κ2) is 8.19. The Labute approximate surface area is 118 Å². The SMILES string of the molecule is CC(C)N1CCCC(NCCCNS(C)(=O)=O)CC1. The topological polar surface area (TPSA) is 61.4 Å². The Hall–Kier alpha value is -0.170. The molecule has 0 aromatic heterocycles. The molecule has 1 fully saturated rings. The standard InChI is InChI=1S/C13H29N3O2S/c1-12(2)16-10-4-6-13(7-11-16)14-8-5-9-15-19(3,17)18/h12-15H,4-11H2,1-3H3. The summed E-state index contributed by atoms with van der Waals surface area (Å²) in [4.78, 5) is 2.53. The van der Waals surface area contributed by atoms with Crippen molar-refractivity contribution < 1.29 is 8.42 Å². The van der Waals surface area contributed by atoms with Crippen LogP contribution in [0, 0.1) is 0 Å². The van der Waals surface area contributed by atoms with Crippen molar-refractivity contribution in [1.29, 1.82) is 0 Å². The highest BCUT2D eigenvalue weighted by Crippen LogP contribution is 2.13. The fraction of sp³-hybridized carbons (Fsp3) is 1.00. The fourth-order valence-electron chi connectivity index (χ4n) is 2.49. The Morgan fingerprint density at radius 3 is 2.58 bits per heavy atom. The van der Waals surface area contributed by atoms with Crippen molar-refractivity contribution in [2.24, 2.45) is 0 Å². The summed E-state index contributed by atoms with van der Waals surface area (Å²) in [6.45, 7) is 8.28. The van der Waals surface area contributed by atoms with Gasteiger partial charge < -0.3 is 10.2 Å². The first kappa shape index (κ1) is 16.9. The van der Waals surface area contributed by atoms with Gasteiger partial charge in [-0.25, -0.2) is 13.1 Å². The molecule has 114 valence electrons. The van der Waals surface area contributed by atoms with Crippen LogP contribution in [0.1, 0.15) is 39.5 Å². The van der Waals surface area contributed by atoms with Crippen LogP contribution in [0.3, 0.4) is 0 Å². The summed E-state index contributed by atoms with van der Waals surface area (Å²) in [5.41, 5.74) is 0. The van der Waals surface area contributed by atoms with Crippen LogP contribution < -0.4 is 10.0 Å². The minimum atomic E-state index is -3.04. The Morgan fingerprint density at radius 1 is 1.21 bits per heavy atom. The Bertz CT molecular complexity index is 344. The molecule has 1 aliphatic heterocycles. The molecular weight excluding hydrogens is 262 g/mol. The molecule has 2 N–H and O–H groups in total. The molecular formula is C13H29N3O2S. The molecule has 5 nitrogen and oxygen atoms in total. The average molecular weight is 291 g/mol. The third-order valence-electron chi connectivity index (χ3n) is 3.64. The van der Waals surface area contributed by atoms with Crippen molar-refractivity contribution >= 4 is 10.0 Å². The zero-order valence-electron chi connectivity index (χ0n) is 12.5. The lowest BCUT2D eigenvalue weighted by Gasteiger charge is -2.24. The minimum absolute atomic E-state index is 0.524. The van der Waals surface area contributed by atoms with Crippen molar-refractivity contribution in [3.63, 3.8) is 0 Å². The van der Waals surface area contributed by atoms with E-state index in [1.807, 2.05) is 0 Å². The normalized spacial score (nSPS) is 22.6. The van der Waals surface area contributed by atoms with Gasteiger partial charge in [-0.1, -0.05) is 0 Å². The maximum atomic E-state index is 10.9. The summed E-state index contributed by atoms with van der Waals surface area (Å²) in [6, 6.07) is 1.22. The van der Waals surface area contributed by atoms with E-state index in [2.05, 4.69) is 28.8 Å². The zero-order chi connectivity index (χ0) is 14.3. The molecule has 6 heteroatoms. The van der Waals surface area contributed by atoms with Crippen LogP contribution in [0.15, 0.2) is 0 Å². The number of nitrogens with zero attached hydrogens (tertiary/aromatic N) is 1. The van der Waals surface area contributed by atoms with Crippen LogP contribution in [0.5, 0.6) is 0 Å². The lowest BCUT2D eigenvalue weighted by Crippen LogP contribution is -2.35. The van der Waals surface area contributed by atoms with E-state index in [0.29, 0.717) is 18.6 Å². The van der Waals surface area contributed by atoms with Crippen LogP contribution >= 0.6 is 0 Å². The van der Waals surface area contributed by atoms with Crippen molar-refractivity contribution in [3.05, 3.63) is 0 Å². The molecule has 0 saturated carbocycles. The van der Waals surface area contributed by atoms with Crippen LogP contribution in [-0.2, 0) is 10.0 Å². The van der Waals surface area contributed by atoms with Crippen molar-refractivity contribution in [1.82, 2.24) is 14.9 Å². The Balaban J connectivity index is 2.13. The van der Waals surface area contributed by atoms with E-state index in [0.717, 1.165) is 19.5 Å². The first-order chi connectivity index (χ1) is 8.88. The molecule has 1 rings (SSSR count). The molecule has 1 heterocycles. The van der Waals surface area contributed by atoms with Gasteiger partial charge in [-0.15, -0.1) is 0 Å². The van der Waals surface area contributed by atoms with E-state index in [1.165, 1.54) is 32.1 Å². The van der Waals surface area contributed by atoms with Gasteiger partial charge in [-0.3, -0.25) is 0 Å². The van der Waals surface area contributed by atoms with Gasteiger partial charge in [-0.2, -0.15) is 0 Å². The number of hydrogen-bond donors (Lipinski definition) is 2. The molecule has 0 aromatic rings. The first-order valence-corrected chi connectivity index (χ1v) is 9.19. The van der Waals surface area contributed by atoms with Crippen molar-refractivity contribution in [3.8, 4) is 0 Å². The molecule has 0 bridgehead atoms. The summed E-state index contributed by atoms with van der Waals surface area (Å²) in [5, 5.41) is 3.55. The van der Waals surface area contributed by atoms with Gasteiger partial charge in [0.25, 0.3) is 0 Å². The molecule has 0 aromatic carbocycles. The fourth-order valence-corrected chi connectivity index (χ4v) is 3.01. The van der Waals surface area contributed by atoms with E-state index in [-0.39, 0.29) is 0 Å². The van der Waals surface area contributed by atoms with E-state index in [4.69, 9.17) is 0 Å². The second-order valence-corrected chi connectivity index (χ2v) is 7.56. The van der Waals surface area contributed by atoms with Gasteiger partial charge in [-0.05, 0) is 59.2 Å². The molecule has 1 aliphatic rings. The Morgan fingerprint density at radius 2 is 1.95 bits per heavy atom. The molecule has 1 unspecified atom stereocenters. The van der Waals surface area contributed by atoms with Crippen LogP contribution in [0.25, 0.3) is 0 Å². The van der Waals surface area contributed by atoms with E-state index >= 15 is 0 Å². The number of hydrogen-bond acceptors (Lipinski definition) is 4. The largest absolute Gasteiger partial charge is 0.314 e. The van der Waals surface area contributed by atoms with E-state index in [9.17, 15) is 8.42 Å². The smallest absolute Gasteiger partial charge is 0.208 e. The van der Waals surface area contributed by atoms with Crippen LogP contribution in [0.2, 0.25) is 0 Å². The average Bonchev–Trinajstić information content (AvgIpc) is 2.52. The molecule has 1 saturated heterocycles. The van der Waals surface area contributed by atoms with Gasteiger partial charge in [0.2, 0.25) is 10.0 Å². The summed E-state index contributed by atoms with van der Waals surface area (Å²) < 4.78 is 24.3. The van der Waals surface area contributed by atoms with Gasteiger partial charge in [0.05, 0.1) is 6.26 Å². The number of nitrogens with one attached hydrogen (secondary N) is 2. The van der Waals surface area contributed by atoms with Crippen molar-refractivity contribution in [2.75, 3.05) is 32.4 Å². The van der Waals surface area contributed by atoms with Gasteiger partial charge in [0.1, 0.15) is 0 Å².